The Morgan fingerprint density at radius 2 is 1.53 bits per heavy atom. The Morgan fingerprint density at radius 3 is 2.16 bits per heavy atom. The number of nitrogens with zero attached hydrogens (tertiary/aromatic N) is 4. The van der Waals surface area contributed by atoms with E-state index in [2.05, 4.69) is 20.7 Å². The molecule has 1 aromatic heterocycles. The van der Waals surface area contributed by atoms with Gasteiger partial charge in [-0.2, -0.15) is 5.10 Å². The molecular weight excluding hydrogens is 422 g/mol. The highest BCUT2D eigenvalue weighted by Crippen LogP contribution is 2.29. The number of anilines is 1. The Morgan fingerprint density at radius 1 is 0.938 bits per heavy atom. The van der Waals surface area contributed by atoms with E-state index in [0.29, 0.717) is 16.5 Å². The highest BCUT2D eigenvalue weighted by molar-refractivity contribution is 8.15. The Kier molecular flexibility index (Phi) is 6.74. The summed E-state index contributed by atoms with van der Waals surface area (Å²) < 4.78 is 1.74. The van der Waals surface area contributed by atoms with Crippen LogP contribution in [0.15, 0.2) is 101 Å². The van der Waals surface area contributed by atoms with Crippen molar-refractivity contribution in [2.75, 3.05) is 5.43 Å². The van der Waals surface area contributed by atoms with Gasteiger partial charge in [-0.15, -0.1) is 10.2 Å². The maximum Gasteiger partial charge on any atom is 0.202 e. The van der Waals surface area contributed by atoms with Crippen LogP contribution in [0.4, 0.5) is 5.69 Å². The lowest BCUT2D eigenvalue weighted by molar-refractivity contribution is -0.110. The third-order valence-corrected chi connectivity index (χ3v) is 5.60. The number of Topliss-reactive ketones (excluding diaryl/α,β-unsaturated/α-hetero) is 1. The summed E-state index contributed by atoms with van der Waals surface area (Å²) in [5, 5.41) is 24.4. The predicted octanol–water partition coefficient (Wildman–Crippen LogP) is 4.46. The van der Waals surface area contributed by atoms with Gasteiger partial charge >= 0.3 is 0 Å². The number of nitrogens with one attached hydrogen (secondary N) is 1. The van der Waals surface area contributed by atoms with Crippen LogP contribution >= 0.6 is 11.8 Å². The number of carbonyl (C=O) groups excluding carboxylic acids is 1. The molecule has 0 spiro atoms. The molecular formula is C24H21N5O2S. The molecule has 0 aliphatic carbocycles. The van der Waals surface area contributed by atoms with Crippen LogP contribution in [-0.4, -0.2) is 30.7 Å². The summed E-state index contributed by atoms with van der Waals surface area (Å²) in [6, 6.07) is 28.1. The van der Waals surface area contributed by atoms with Gasteiger partial charge < -0.3 is 5.11 Å². The van der Waals surface area contributed by atoms with Gasteiger partial charge in [0.1, 0.15) is 6.10 Å². The quantitative estimate of drug-likeness (QED) is 0.190. The van der Waals surface area contributed by atoms with Crippen molar-refractivity contribution in [1.82, 2.24) is 14.8 Å². The van der Waals surface area contributed by atoms with Crippen molar-refractivity contribution in [2.24, 2.45) is 5.10 Å². The largest absolute Gasteiger partial charge is 0.380 e. The smallest absolute Gasteiger partial charge is 0.202 e. The first-order valence-electron chi connectivity index (χ1n) is 9.95. The second-order valence-corrected chi connectivity index (χ2v) is 7.83. The van der Waals surface area contributed by atoms with Crippen LogP contribution < -0.4 is 5.43 Å². The zero-order chi connectivity index (χ0) is 22.3. The standard InChI is InChI=1S/C24H21N5O2S/c1-17(30)23(27-25-19-13-7-3-8-14-19)32-24-28-26-22(21(31)18-11-5-2-6-12-18)29(24)20-15-9-4-10-16-20/h2-16,21,25,31H,1H3/b27-23+/t21-/m0/s1. The number of carbonyl (C=O) groups is 1. The molecule has 32 heavy (non-hydrogen) atoms. The van der Waals surface area contributed by atoms with Gasteiger partial charge in [0.15, 0.2) is 16.7 Å². The molecule has 0 bridgehead atoms. The van der Waals surface area contributed by atoms with E-state index in [-0.39, 0.29) is 10.8 Å². The minimum Gasteiger partial charge on any atom is -0.380 e. The zero-order valence-corrected chi connectivity index (χ0v) is 18.1. The summed E-state index contributed by atoms with van der Waals surface area (Å²) in [5.74, 6) is 0.134. The summed E-state index contributed by atoms with van der Waals surface area (Å²) in [6.45, 7) is 1.45. The van der Waals surface area contributed by atoms with E-state index >= 15 is 0 Å². The van der Waals surface area contributed by atoms with Crippen LogP contribution in [0, 0.1) is 0 Å². The Balaban J connectivity index is 1.71. The monoisotopic (exact) mass is 443 g/mol. The van der Waals surface area contributed by atoms with E-state index < -0.39 is 6.10 Å². The molecule has 7 nitrogen and oxygen atoms in total. The molecule has 0 saturated carbocycles. The third-order valence-electron chi connectivity index (χ3n) is 4.58. The number of aliphatic hydroxyl groups excluding tert-OH is 1. The molecule has 8 heteroatoms. The molecule has 0 unspecified atom stereocenters. The molecule has 3 aromatic carbocycles. The number of benzene rings is 3. The van der Waals surface area contributed by atoms with Gasteiger partial charge in [-0.1, -0.05) is 66.7 Å². The lowest BCUT2D eigenvalue weighted by Gasteiger charge is -2.14. The van der Waals surface area contributed by atoms with Gasteiger partial charge in [0, 0.05) is 12.6 Å². The van der Waals surface area contributed by atoms with Crippen molar-refractivity contribution in [3.8, 4) is 5.69 Å². The molecule has 0 fully saturated rings. The van der Waals surface area contributed by atoms with Crippen LogP contribution in [0.3, 0.4) is 0 Å². The van der Waals surface area contributed by atoms with Gasteiger partial charge in [0.05, 0.1) is 5.69 Å². The zero-order valence-electron chi connectivity index (χ0n) is 17.3. The van der Waals surface area contributed by atoms with Crippen LogP contribution in [0.1, 0.15) is 24.4 Å². The van der Waals surface area contributed by atoms with E-state index in [0.717, 1.165) is 23.1 Å². The molecule has 2 N–H and O–H groups in total. The number of ketones is 1. The first kappa shape index (κ1) is 21.5. The second kappa shape index (κ2) is 10.0. The predicted molar refractivity (Wildman–Crippen MR) is 126 cm³/mol. The van der Waals surface area contributed by atoms with Crippen molar-refractivity contribution >= 4 is 28.3 Å². The summed E-state index contributed by atoms with van der Waals surface area (Å²) >= 11 is 1.09. The molecule has 4 aromatic rings. The summed E-state index contributed by atoms with van der Waals surface area (Å²) in [5.41, 5.74) is 5.12. The molecule has 0 radical (unpaired) electrons. The number of thioether (sulfide) groups is 1. The fourth-order valence-electron chi connectivity index (χ4n) is 3.02. The van der Waals surface area contributed by atoms with E-state index in [9.17, 15) is 9.90 Å². The van der Waals surface area contributed by atoms with Gasteiger partial charge in [-0.05, 0) is 41.6 Å². The van der Waals surface area contributed by atoms with Crippen LogP contribution in [0.5, 0.6) is 0 Å². The average Bonchev–Trinajstić information content (AvgIpc) is 3.26. The maximum absolute atomic E-state index is 12.3. The normalized spacial score (nSPS) is 12.4. The highest BCUT2D eigenvalue weighted by atomic mass is 32.2. The highest BCUT2D eigenvalue weighted by Gasteiger charge is 2.24. The number of para-hydroxylation sites is 2. The summed E-state index contributed by atoms with van der Waals surface area (Å²) in [4.78, 5) is 12.3. The minimum atomic E-state index is -0.988. The van der Waals surface area contributed by atoms with Gasteiger partial charge in [0.2, 0.25) is 5.16 Å². The minimum absolute atomic E-state index is 0.216. The third kappa shape index (κ3) is 4.93. The number of rotatable bonds is 7. The number of hydrazone groups is 1. The molecule has 4 rings (SSSR count). The van der Waals surface area contributed by atoms with E-state index in [1.54, 1.807) is 4.57 Å². The van der Waals surface area contributed by atoms with Crippen LogP contribution in [0.25, 0.3) is 5.69 Å². The van der Waals surface area contributed by atoms with Crippen LogP contribution in [-0.2, 0) is 4.79 Å². The SMILES string of the molecule is CC(=O)/C(=N\Nc1ccccc1)Sc1nnc([C@@H](O)c2ccccc2)n1-c1ccccc1. The molecule has 0 aliphatic rings. The number of hydrogen-bond acceptors (Lipinski definition) is 7. The topological polar surface area (TPSA) is 92.4 Å². The summed E-state index contributed by atoms with van der Waals surface area (Å²) in [7, 11) is 0. The van der Waals surface area contributed by atoms with E-state index in [1.807, 2.05) is 91.0 Å². The molecule has 1 atom stereocenters. The van der Waals surface area contributed by atoms with Crippen LogP contribution in [0.2, 0.25) is 0 Å². The number of hydrogen-bond donors (Lipinski definition) is 2. The van der Waals surface area contributed by atoms with E-state index in [4.69, 9.17) is 0 Å². The first-order chi connectivity index (χ1) is 15.6. The van der Waals surface area contributed by atoms with Crippen molar-refractivity contribution in [3.63, 3.8) is 0 Å². The molecule has 0 aliphatic heterocycles. The lowest BCUT2D eigenvalue weighted by atomic mass is 10.1. The second-order valence-electron chi connectivity index (χ2n) is 6.88. The lowest BCUT2D eigenvalue weighted by Crippen LogP contribution is -2.12. The Hall–Kier alpha value is -3.75. The van der Waals surface area contributed by atoms with Crippen molar-refractivity contribution < 1.29 is 9.90 Å². The summed E-state index contributed by atoms with van der Waals surface area (Å²) in [6.07, 6.45) is -0.988. The van der Waals surface area contributed by atoms with Gasteiger partial charge in [-0.3, -0.25) is 14.8 Å². The van der Waals surface area contributed by atoms with Crippen molar-refractivity contribution in [1.29, 1.82) is 0 Å². The number of aromatic nitrogens is 3. The fourth-order valence-corrected chi connectivity index (χ4v) is 3.80. The average molecular weight is 444 g/mol. The van der Waals surface area contributed by atoms with E-state index in [1.165, 1.54) is 6.92 Å². The van der Waals surface area contributed by atoms with Gasteiger partial charge in [0.25, 0.3) is 0 Å². The van der Waals surface area contributed by atoms with Crippen molar-refractivity contribution in [3.05, 3.63) is 102 Å². The molecule has 160 valence electrons. The Labute approximate surface area is 189 Å². The molecule has 1 heterocycles. The first-order valence-corrected chi connectivity index (χ1v) is 10.8. The Bertz CT molecular complexity index is 1210. The van der Waals surface area contributed by atoms with Gasteiger partial charge in [-0.25, -0.2) is 0 Å². The number of aliphatic hydroxyl groups is 1. The molecule has 0 amide bonds. The fraction of sp³-hybridized carbons (Fsp3) is 0.0833. The maximum atomic E-state index is 12.3. The molecule has 0 saturated heterocycles. The van der Waals surface area contributed by atoms with Crippen molar-refractivity contribution in [2.45, 2.75) is 18.2 Å².